The summed E-state index contributed by atoms with van der Waals surface area (Å²) in [5.74, 6) is 1.51. The first-order valence-corrected chi connectivity index (χ1v) is 6.97. The number of allylic oxidation sites excluding steroid dienone is 1. The average Bonchev–Trinajstić information content (AvgIpc) is 2.75. The zero-order valence-electron chi connectivity index (χ0n) is 11.5. The Morgan fingerprint density at radius 3 is 2.88 bits per heavy atom. The maximum atomic E-state index is 11.4. The molecule has 0 aliphatic heterocycles. The lowest BCUT2D eigenvalue weighted by atomic mass is 9.94. The van der Waals surface area contributed by atoms with Crippen molar-refractivity contribution < 1.29 is 9.53 Å². The van der Waals surface area contributed by atoms with E-state index in [1.165, 1.54) is 24.8 Å². The van der Waals surface area contributed by atoms with E-state index in [4.69, 9.17) is 4.74 Å². The summed E-state index contributed by atoms with van der Waals surface area (Å²) in [6.07, 6.45) is 8.24. The highest BCUT2D eigenvalue weighted by Gasteiger charge is 2.21. The van der Waals surface area contributed by atoms with Crippen LogP contribution < -0.4 is 0 Å². The molecular formula is C15H26O2. The third kappa shape index (κ3) is 5.38. The Bertz CT molecular complexity index is 266. The van der Waals surface area contributed by atoms with Gasteiger partial charge in [0.05, 0.1) is 13.0 Å². The number of esters is 1. The van der Waals surface area contributed by atoms with E-state index in [-0.39, 0.29) is 5.97 Å². The van der Waals surface area contributed by atoms with Crippen LogP contribution in [0.5, 0.6) is 0 Å². The molecular weight excluding hydrogens is 212 g/mol. The first-order valence-electron chi connectivity index (χ1n) is 6.97. The van der Waals surface area contributed by atoms with Crippen LogP contribution in [-0.4, -0.2) is 12.6 Å². The van der Waals surface area contributed by atoms with Gasteiger partial charge in [-0.15, -0.1) is 0 Å². The van der Waals surface area contributed by atoms with E-state index >= 15 is 0 Å². The van der Waals surface area contributed by atoms with Crippen molar-refractivity contribution in [2.75, 3.05) is 6.61 Å². The normalized spacial score (nSPS) is 22.4. The maximum absolute atomic E-state index is 11.4. The summed E-state index contributed by atoms with van der Waals surface area (Å²) in [4.78, 5) is 11.4. The molecule has 1 rings (SSSR count). The Hall–Kier alpha value is -0.790. The molecule has 1 unspecified atom stereocenters. The van der Waals surface area contributed by atoms with Crippen molar-refractivity contribution in [1.82, 2.24) is 0 Å². The Morgan fingerprint density at radius 2 is 2.29 bits per heavy atom. The number of rotatable bonds is 6. The van der Waals surface area contributed by atoms with Gasteiger partial charge in [0, 0.05) is 0 Å². The summed E-state index contributed by atoms with van der Waals surface area (Å²) in [7, 11) is 0. The van der Waals surface area contributed by atoms with Crippen molar-refractivity contribution in [1.29, 1.82) is 0 Å². The fourth-order valence-electron chi connectivity index (χ4n) is 2.28. The van der Waals surface area contributed by atoms with Gasteiger partial charge in [-0.25, -0.2) is 0 Å². The number of carbonyl (C=O) groups is 1. The molecule has 0 radical (unpaired) electrons. The zero-order chi connectivity index (χ0) is 12.7. The smallest absolute Gasteiger partial charge is 0.309 e. The molecule has 17 heavy (non-hydrogen) atoms. The highest BCUT2D eigenvalue weighted by Crippen LogP contribution is 2.35. The van der Waals surface area contributed by atoms with Crippen LogP contribution in [0.25, 0.3) is 0 Å². The second kappa shape index (κ2) is 7.52. The minimum Gasteiger partial charge on any atom is -0.465 e. The van der Waals surface area contributed by atoms with E-state index in [1.807, 2.05) is 0 Å². The predicted molar refractivity (Wildman–Crippen MR) is 70.7 cm³/mol. The second-order valence-corrected chi connectivity index (χ2v) is 5.39. The van der Waals surface area contributed by atoms with Crippen LogP contribution in [0, 0.1) is 11.8 Å². The molecule has 98 valence electrons. The number of hydrogen-bond donors (Lipinski definition) is 0. The van der Waals surface area contributed by atoms with Crippen LogP contribution in [0.15, 0.2) is 11.6 Å². The monoisotopic (exact) mass is 238 g/mol. The number of ether oxygens (including phenoxy) is 1. The molecule has 0 aromatic rings. The fourth-order valence-corrected chi connectivity index (χ4v) is 2.28. The summed E-state index contributed by atoms with van der Waals surface area (Å²) in [5, 5.41) is 0. The van der Waals surface area contributed by atoms with Crippen molar-refractivity contribution in [3.63, 3.8) is 0 Å². The number of unbranched alkanes of at least 4 members (excludes halogenated alkanes) is 1. The maximum Gasteiger partial charge on any atom is 0.309 e. The van der Waals surface area contributed by atoms with Crippen LogP contribution in [0.1, 0.15) is 59.3 Å². The first-order chi connectivity index (χ1) is 8.13. The fraction of sp³-hybridized carbons (Fsp3) is 0.800. The van der Waals surface area contributed by atoms with Crippen molar-refractivity contribution in [2.45, 2.75) is 59.3 Å². The molecule has 2 heteroatoms. The van der Waals surface area contributed by atoms with Crippen molar-refractivity contribution >= 4 is 5.97 Å². The third-order valence-corrected chi connectivity index (χ3v) is 3.62. The molecule has 0 amide bonds. The summed E-state index contributed by atoms with van der Waals surface area (Å²) < 4.78 is 5.13. The molecule has 1 atom stereocenters. The van der Waals surface area contributed by atoms with E-state index in [2.05, 4.69) is 26.8 Å². The summed E-state index contributed by atoms with van der Waals surface area (Å²) >= 11 is 0. The van der Waals surface area contributed by atoms with Crippen molar-refractivity contribution in [3.8, 4) is 0 Å². The zero-order valence-corrected chi connectivity index (χ0v) is 11.5. The highest BCUT2D eigenvalue weighted by atomic mass is 16.5. The van der Waals surface area contributed by atoms with Gasteiger partial charge in [-0.3, -0.25) is 4.79 Å². The van der Waals surface area contributed by atoms with Gasteiger partial charge < -0.3 is 4.74 Å². The van der Waals surface area contributed by atoms with Gasteiger partial charge in [-0.2, -0.15) is 0 Å². The molecule has 1 aliphatic carbocycles. The number of hydrogen-bond acceptors (Lipinski definition) is 2. The Labute approximate surface area is 105 Å². The van der Waals surface area contributed by atoms with Crippen LogP contribution in [-0.2, 0) is 9.53 Å². The molecule has 1 aliphatic rings. The predicted octanol–water partition coefficient (Wildman–Crippen LogP) is 4.10. The Balaban J connectivity index is 2.23. The summed E-state index contributed by atoms with van der Waals surface area (Å²) in [6, 6.07) is 0. The quantitative estimate of drug-likeness (QED) is 0.395. The lowest BCUT2D eigenvalue weighted by Crippen LogP contribution is -2.04. The number of carbonyl (C=O) groups excluding carboxylic acids is 1. The highest BCUT2D eigenvalue weighted by molar-refractivity contribution is 5.71. The van der Waals surface area contributed by atoms with E-state index in [1.54, 1.807) is 0 Å². The van der Waals surface area contributed by atoms with Crippen molar-refractivity contribution in [2.24, 2.45) is 11.8 Å². The molecule has 0 aromatic heterocycles. The summed E-state index contributed by atoms with van der Waals surface area (Å²) in [6.45, 7) is 7.24. The van der Waals surface area contributed by atoms with Gasteiger partial charge in [0.2, 0.25) is 0 Å². The average molecular weight is 238 g/mol. The van der Waals surface area contributed by atoms with Gasteiger partial charge in [-0.1, -0.05) is 38.8 Å². The molecule has 0 saturated heterocycles. The van der Waals surface area contributed by atoms with Gasteiger partial charge in [0.25, 0.3) is 0 Å². The standard InChI is InChI=1S/C15H26O2/c1-4-5-10-17-15(16)9-7-13-6-8-14(11-13)12(2)3/h7,12,14H,4-6,8-11H2,1-3H3/b13-7-. The molecule has 0 N–H and O–H groups in total. The molecule has 0 heterocycles. The Morgan fingerprint density at radius 1 is 1.53 bits per heavy atom. The molecule has 1 saturated carbocycles. The van der Waals surface area contributed by atoms with Gasteiger partial charge in [0.1, 0.15) is 0 Å². The molecule has 0 aromatic carbocycles. The van der Waals surface area contributed by atoms with E-state index in [0.717, 1.165) is 24.7 Å². The van der Waals surface area contributed by atoms with Crippen molar-refractivity contribution in [3.05, 3.63) is 11.6 Å². The van der Waals surface area contributed by atoms with E-state index in [9.17, 15) is 4.79 Å². The van der Waals surface area contributed by atoms with Gasteiger partial charge in [-0.05, 0) is 37.5 Å². The second-order valence-electron chi connectivity index (χ2n) is 5.39. The van der Waals surface area contributed by atoms with Crippen LogP contribution in [0.2, 0.25) is 0 Å². The molecule has 2 nitrogen and oxygen atoms in total. The minimum absolute atomic E-state index is 0.0704. The minimum atomic E-state index is -0.0704. The van der Waals surface area contributed by atoms with Crippen LogP contribution in [0.3, 0.4) is 0 Å². The lowest BCUT2D eigenvalue weighted by Gasteiger charge is -2.11. The summed E-state index contributed by atoms with van der Waals surface area (Å²) in [5.41, 5.74) is 1.45. The molecule has 0 spiro atoms. The van der Waals surface area contributed by atoms with Gasteiger partial charge >= 0.3 is 5.97 Å². The van der Waals surface area contributed by atoms with Crippen LogP contribution in [0.4, 0.5) is 0 Å². The van der Waals surface area contributed by atoms with E-state index in [0.29, 0.717) is 13.0 Å². The third-order valence-electron chi connectivity index (χ3n) is 3.62. The largest absolute Gasteiger partial charge is 0.465 e. The lowest BCUT2D eigenvalue weighted by molar-refractivity contribution is -0.142. The van der Waals surface area contributed by atoms with Gasteiger partial charge in [0.15, 0.2) is 0 Å². The first kappa shape index (κ1) is 14.3. The van der Waals surface area contributed by atoms with Crippen LogP contribution >= 0.6 is 0 Å². The SMILES string of the molecule is CCCCOC(=O)C/C=C1/CCC(C(C)C)C1. The molecule has 1 fully saturated rings. The topological polar surface area (TPSA) is 26.3 Å². The Kier molecular flexibility index (Phi) is 6.31. The molecule has 0 bridgehead atoms. The van der Waals surface area contributed by atoms with E-state index < -0.39 is 0 Å².